The monoisotopic (exact) mass is 424 g/mol. The zero-order chi connectivity index (χ0) is 23.2. The fraction of sp³-hybridized carbons (Fsp3) is 0.870. The number of ketones is 1. The van der Waals surface area contributed by atoms with E-state index >= 15 is 0 Å². The second-order valence-corrected chi connectivity index (χ2v) is 10.9. The molecule has 30 heavy (non-hydrogen) atoms. The van der Waals surface area contributed by atoms with Crippen molar-refractivity contribution in [3.8, 4) is 0 Å². The first-order valence-electron chi connectivity index (χ1n) is 11.0. The van der Waals surface area contributed by atoms with Crippen molar-refractivity contribution >= 4 is 5.78 Å². The number of carbonyl (C=O) groups is 1. The van der Waals surface area contributed by atoms with E-state index in [1.54, 1.807) is 6.92 Å². The molecule has 0 aliphatic heterocycles. The average molecular weight is 425 g/mol. The summed E-state index contributed by atoms with van der Waals surface area (Å²) in [6.45, 7) is 19.5. The number of nitrogens with zero attached hydrogens (tertiary/aromatic N) is 3. The van der Waals surface area contributed by atoms with Gasteiger partial charge in [-0.15, -0.1) is 5.10 Å². The Morgan fingerprint density at radius 2 is 1.57 bits per heavy atom. The van der Waals surface area contributed by atoms with Crippen molar-refractivity contribution in [2.45, 2.75) is 110 Å². The van der Waals surface area contributed by atoms with Crippen LogP contribution >= 0.6 is 0 Å². The van der Waals surface area contributed by atoms with Gasteiger partial charge in [0, 0.05) is 37.8 Å². The normalized spacial score (nSPS) is 13.7. The van der Waals surface area contributed by atoms with Crippen molar-refractivity contribution in [1.82, 2.24) is 20.3 Å². The molecule has 0 fully saturated rings. The Labute approximate surface area is 183 Å². The molecule has 1 aromatic rings. The lowest BCUT2D eigenvalue weighted by atomic mass is 9.99. The highest BCUT2D eigenvalue weighted by Crippen LogP contribution is 2.24. The summed E-state index contributed by atoms with van der Waals surface area (Å²) in [7, 11) is 1.97. The zero-order valence-corrected chi connectivity index (χ0v) is 20.9. The van der Waals surface area contributed by atoms with Crippen LogP contribution in [-0.4, -0.2) is 57.8 Å². The third kappa shape index (κ3) is 9.67. The third-order valence-corrected chi connectivity index (χ3v) is 5.55. The van der Waals surface area contributed by atoms with Gasteiger partial charge in [-0.1, -0.05) is 5.21 Å². The topological polar surface area (TPSA) is 78.3 Å². The Morgan fingerprint density at radius 3 is 2.13 bits per heavy atom. The van der Waals surface area contributed by atoms with E-state index in [0.29, 0.717) is 26.1 Å². The van der Waals surface area contributed by atoms with Crippen molar-refractivity contribution < 1.29 is 14.3 Å². The maximum atomic E-state index is 11.4. The lowest BCUT2D eigenvalue weighted by Gasteiger charge is -2.29. The van der Waals surface area contributed by atoms with E-state index in [0.717, 1.165) is 18.5 Å². The van der Waals surface area contributed by atoms with E-state index in [-0.39, 0.29) is 22.5 Å². The molecule has 7 nitrogen and oxygen atoms in total. The van der Waals surface area contributed by atoms with E-state index in [1.165, 1.54) is 0 Å². The Kier molecular flexibility index (Phi) is 9.21. The summed E-state index contributed by atoms with van der Waals surface area (Å²) < 4.78 is 14.0. The summed E-state index contributed by atoms with van der Waals surface area (Å²) >= 11 is 0. The van der Waals surface area contributed by atoms with E-state index in [2.05, 4.69) is 57.2 Å². The van der Waals surface area contributed by atoms with Crippen LogP contribution in [0.4, 0.5) is 0 Å². The van der Waals surface area contributed by atoms with Gasteiger partial charge in [-0.25, -0.2) is 4.68 Å². The summed E-state index contributed by atoms with van der Waals surface area (Å²) in [5, 5.41) is 12.0. The summed E-state index contributed by atoms with van der Waals surface area (Å²) in [6.07, 6.45) is 4.83. The molecule has 0 aliphatic carbocycles. The molecular weight excluding hydrogens is 380 g/mol. The van der Waals surface area contributed by atoms with Crippen LogP contribution in [0.25, 0.3) is 0 Å². The molecule has 0 saturated heterocycles. The average Bonchev–Trinajstić information content (AvgIpc) is 3.01. The fourth-order valence-corrected chi connectivity index (χ4v) is 3.21. The van der Waals surface area contributed by atoms with Gasteiger partial charge in [0.2, 0.25) is 0 Å². The molecular formula is C23H44N4O3. The van der Waals surface area contributed by atoms with E-state index in [1.807, 2.05) is 31.8 Å². The summed E-state index contributed by atoms with van der Waals surface area (Å²) in [5.74, 6) is 0.138. The standard InChI is InChI=1S/C23H44N4O3/c1-18(28)15-22(6,7)30-14-12-21(4,5)27-17-19(25-26-27)16-23(8,9)29-13-11-20(2,3)24-10/h17,24H,11-16H2,1-10H3. The Morgan fingerprint density at radius 1 is 1.00 bits per heavy atom. The highest BCUT2D eigenvalue weighted by Gasteiger charge is 2.27. The number of Topliss-reactive ketones (excluding diaryl/α,β-unsaturated/α-hetero) is 1. The van der Waals surface area contributed by atoms with E-state index in [4.69, 9.17) is 9.47 Å². The van der Waals surface area contributed by atoms with Crippen LogP contribution in [0.5, 0.6) is 0 Å². The van der Waals surface area contributed by atoms with Gasteiger partial charge in [-0.3, -0.25) is 4.79 Å². The molecule has 0 bridgehead atoms. The van der Waals surface area contributed by atoms with Gasteiger partial charge in [0.25, 0.3) is 0 Å². The van der Waals surface area contributed by atoms with Crippen LogP contribution in [0, 0.1) is 0 Å². The lowest BCUT2D eigenvalue weighted by Crippen LogP contribution is -2.38. The van der Waals surface area contributed by atoms with Crippen LogP contribution in [0.2, 0.25) is 0 Å². The number of ether oxygens (including phenoxy) is 2. The molecule has 0 radical (unpaired) electrons. The van der Waals surface area contributed by atoms with Crippen LogP contribution in [0.3, 0.4) is 0 Å². The molecule has 0 unspecified atom stereocenters. The number of hydrogen-bond acceptors (Lipinski definition) is 6. The highest BCUT2D eigenvalue weighted by molar-refractivity contribution is 5.76. The SMILES string of the molecule is CNC(C)(C)CCOC(C)(C)Cc1cn(C(C)(C)CCOC(C)(C)CC(C)=O)nn1. The maximum Gasteiger partial charge on any atom is 0.132 e. The van der Waals surface area contributed by atoms with Gasteiger partial charge in [0.05, 0.1) is 22.4 Å². The highest BCUT2D eigenvalue weighted by atomic mass is 16.5. The Balaban J connectivity index is 2.60. The van der Waals surface area contributed by atoms with Crippen molar-refractivity contribution in [2.75, 3.05) is 20.3 Å². The number of aromatic nitrogens is 3. The first-order valence-corrected chi connectivity index (χ1v) is 11.0. The second-order valence-electron chi connectivity index (χ2n) is 10.9. The van der Waals surface area contributed by atoms with E-state index in [9.17, 15) is 4.79 Å². The first kappa shape index (κ1) is 26.7. The van der Waals surface area contributed by atoms with Crippen molar-refractivity contribution in [1.29, 1.82) is 0 Å². The summed E-state index contributed by atoms with van der Waals surface area (Å²) in [6, 6.07) is 0. The van der Waals surface area contributed by atoms with Crippen LogP contribution in [0.15, 0.2) is 6.20 Å². The zero-order valence-electron chi connectivity index (χ0n) is 20.9. The molecule has 0 atom stereocenters. The fourth-order valence-electron chi connectivity index (χ4n) is 3.21. The molecule has 0 amide bonds. The molecule has 174 valence electrons. The Hall–Kier alpha value is -1.31. The molecule has 1 aromatic heterocycles. The summed E-state index contributed by atoms with van der Waals surface area (Å²) in [5.41, 5.74) is -0.0180. The molecule has 1 rings (SSSR count). The van der Waals surface area contributed by atoms with Crippen molar-refractivity contribution in [3.63, 3.8) is 0 Å². The number of carbonyl (C=O) groups excluding carboxylic acids is 1. The number of rotatable bonds is 14. The van der Waals surface area contributed by atoms with Gasteiger partial charge >= 0.3 is 0 Å². The molecule has 0 aromatic carbocycles. The van der Waals surface area contributed by atoms with E-state index < -0.39 is 5.60 Å². The predicted octanol–water partition coefficient (Wildman–Crippen LogP) is 3.90. The van der Waals surface area contributed by atoms with Gasteiger partial charge in [0.1, 0.15) is 5.78 Å². The minimum absolute atomic E-state index is 0.0598. The van der Waals surface area contributed by atoms with Crippen LogP contribution < -0.4 is 5.32 Å². The minimum atomic E-state index is -0.446. The summed E-state index contributed by atoms with van der Waals surface area (Å²) in [4.78, 5) is 11.4. The Bertz CT molecular complexity index is 678. The molecule has 0 spiro atoms. The van der Waals surface area contributed by atoms with Gasteiger partial charge in [-0.2, -0.15) is 0 Å². The van der Waals surface area contributed by atoms with Gasteiger partial charge in [-0.05, 0) is 82.2 Å². The van der Waals surface area contributed by atoms with Crippen molar-refractivity contribution in [2.24, 2.45) is 0 Å². The van der Waals surface area contributed by atoms with Crippen molar-refractivity contribution in [3.05, 3.63) is 11.9 Å². The molecule has 1 heterocycles. The first-order chi connectivity index (χ1) is 13.6. The van der Waals surface area contributed by atoms with Gasteiger partial charge in [0.15, 0.2) is 0 Å². The van der Waals surface area contributed by atoms with Gasteiger partial charge < -0.3 is 14.8 Å². The molecule has 0 saturated carbocycles. The molecule has 0 aliphatic rings. The lowest BCUT2D eigenvalue weighted by molar-refractivity contribution is -0.123. The van der Waals surface area contributed by atoms with Crippen LogP contribution in [-0.2, 0) is 26.2 Å². The minimum Gasteiger partial charge on any atom is -0.375 e. The smallest absolute Gasteiger partial charge is 0.132 e. The second kappa shape index (κ2) is 10.3. The third-order valence-electron chi connectivity index (χ3n) is 5.55. The quantitative estimate of drug-likeness (QED) is 0.488. The largest absolute Gasteiger partial charge is 0.375 e. The molecule has 1 N–H and O–H groups in total. The molecule has 7 heteroatoms. The number of nitrogens with one attached hydrogen (secondary N) is 1. The predicted molar refractivity (Wildman–Crippen MR) is 121 cm³/mol. The van der Waals surface area contributed by atoms with Crippen LogP contribution in [0.1, 0.15) is 87.3 Å². The maximum absolute atomic E-state index is 11.4. The number of hydrogen-bond donors (Lipinski definition) is 1.